The van der Waals surface area contributed by atoms with Gasteiger partial charge >= 0.3 is 0 Å². The first-order valence-corrected chi connectivity index (χ1v) is 6.31. The Morgan fingerprint density at radius 3 is 2.94 bits per heavy atom. The van der Waals surface area contributed by atoms with E-state index in [0.29, 0.717) is 5.92 Å². The van der Waals surface area contributed by atoms with Crippen molar-refractivity contribution in [2.24, 2.45) is 12.8 Å². The number of nitrogens with two attached hydrogens (primary N) is 1. The summed E-state index contributed by atoms with van der Waals surface area (Å²) < 4.78 is 1.83. The van der Waals surface area contributed by atoms with Crippen LogP contribution in [0, 0.1) is 0 Å². The fourth-order valence-electron chi connectivity index (χ4n) is 1.71. The van der Waals surface area contributed by atoms with E-state index in [2.05, 4.69) is 24.2 Å². The van der Waals surface area contributed by atoms with Crippen LogP contribution >= 0.6 is 11.3 Å². The van der Waals surface area contributed by atoms with Crippen molar-refractivity contribution in [1.29, 1.82) is 0 Å². The Morgan fingerprint density at radius 1 is 1.50 bits per heavy atom. The molecule has 1 atom stereocenters. The topological polar surface area (TPSA) is 43.8 Å². The summed E-state index contributed by atoms with van der Waals surface area (Å²) in [6.07, 6.45) is 5.00. The van der Waals surface area contributed by atoms with E-state index in [4.69, 9.17) is 5.73 Å². The highest BCUT2D eigenvalue weighted by atomic mass is 32.1. The summed E-state index contributed by atoms with van der Waals surface area (Å²) in [4.78, 5) is 2.69. The van der Waals surface area contributed by atoms with Gasteiger partial charge in [0.1, 0.15) is 0 Å². The quantitative estimate of drug-likeness (QED) is 0.885. The van der Waals surface area contributed by atoms with Crippen molar-refractivity contribution in [3.8, 4) is 10.4 Å². The smallest absolute Gasteiger partial charge is 0.0576 e. The molecule has 0 aliphatic carbocycles. The van der Waals surface area contributed by atoms with Gasteiger partial charge in [-0.1, -0.05) is 6.92 Å². The summed E-state index contributed by atoms with van der Waals surface area (Å²) in [6.45, 7) is 2.98. The summed E-state index contributed by atoms with van der Waals surface area (Å²) in [5.41, 5.74) is 6.77. The first kappa shape index (κ1) is 11.4. The van der Waals surface area contributed by atoms with Crippen molar-refractivity contribution in [2.75, 3.05) is 6.54 Å². The third-order valence-electron chi connectivity index (χ3n) is 2.70. The molecule has 16 heavy (non-hydrogen) atoms. The molecule has 2 rings (SSSR count). The third-order valence-corrected chi connectivity index (χ3v) is 4.07. The van der Waals surface area contributed by atoms with Crippen LogP contribution in [0.2, 0.25) is 0 Å². The lowest BCUT2D eigenvalue weighted by molar-refractivity contribution is 0.701. The number of aromatic nitrogens is 2. The van der Waals surface area contributed by atoms with Crippen molar-refractivity contribution in [2.45, 2.75) is 19.3 Å². The van der Waals surface area contributed by atoms with E-state index in [1.165, 1.54) is 15.3 Å². The second-order valence-corrected chi connectivity index (χ2v) is 5.20. The Bertz CT molecular complexity index is 458. The molecule has 0 aromatic carbocycles. The summed E-state index contributed by atoms with van der Waals surface area (Å²) in [5, 5.41) is 4.19. The average molecular weight is 235 g/mol. The summed E-state index contributed by atoms with van der Waals surface area (Å²) >= 11 is 1.84. The van der Waals surface area contributed by atoms with Crippen LogP contribution in [-0.2, 0) is 7.05 Å². The van der Waals surface area contributed by atoms with Gasteiger partial charge in [0.2, 0.25) is 0 Å². The number of aryl methyl sites for hydroxylation is 1. The van der Waals surface area contributed by atoms with Gasteiger partial charge in [0, 0.05) is 28.6 Å². The molecule has 0 saturated heterocycles. The van der Waals surface area contributed by atoms with Gasteiger partial charge in [-0.05, 0) is 31.0 Å². The van der Waals surface area contributed by atoms with Gasteiger partial charge in [-0.25, -0.2) is 0 Å². The van der Waals surface area contributed by atoms with E-state index in [1.807, 2.05) is 35.5 Å². The van der Waals surface area contributed by atoms with Gasteiger partial charge < -0.3 is 5.73 Å². The minimum atomic E-state index is 0.556. The zero-order valence-corrected chi connectivity index (χ0v) is 10.5. The van der Waals surface area contributed by atoms with Gasteiger partial charge in [-0.3, -0.25) is 4.68 Å². The zero-order valence-electron chi connectivity index (χ0n) is 9.68. The Morgan fingerprint density at radius 2 is 2.31 bits per heavy atom. The van der Waals surface area contributed by atoms with Crippen molar-refractivity contribution in [3.63, 3.8) is 0 Å². The minimum absolute atomic E-state index is 0.556. The van der Waals surface area contributed by atoms with Gasteiger partial charge in [0.25, 0.3) is 0 Å². The van der Waals surface area contributed by atoms with Gasteiger partial charge in [0.15, 0.2) is 0 Å². The summed E-state index contributed by atoms with van der Waals surface area (Å²) in [7, 11) is 1.94. The molecule has 0 fully saturated rings. The van der Waals surface area contributed by atoms with Gasteiger partial charge in [-0.15, -0.1) is 11.3 Å². The molecule has 0 amide bonds. The molecule has 2 heterocycles. The highest BCUT2D eigenvalue weighted by Crippen LogP contribution is 2.32. The molecule has 2 N–H and O–H groups in total. The summed E-state index contributed by atoms with van der Waals surface area (Å²) in [5.74, 6) is 0.556. The molecule has 0 saturated carbocycles. The van der Waals surface area contributed by atoms with Crippen LogP contribution in [0.25, 0.3) is 10.4 Å². The third kappa shape index (κ3) is 2.33. The van der Waals surface area contributed by atoms with E-state index in [-0.39, 0.29) is 0 Å². The Balaban J connectivity index is 2.19. The van der Waals surface area contributed by atoms with Crippen molar-refractivity contribution >= 4 is 11.3 Å². The van der Waals surface area contributed by atoms with E-state index in [9.17, 15) is 0 Å². The van der Waals surface area contributed by atoms with Crippen LogP contribution in [0.3, 0.4) is 0 Å². The van der Waals surface area contributed by atoms with E-state index >= 15 is 0 Å². The Labute approximate surface area is 99.9 Å². The molecule has 4 heteroatoms. The van der Waals surface area contributed by atoms with Crippen LogP contribution in [0.1, 0.15) is 24.1 Å². The van der Waals surface area contributed by atoms with Crippen LogP contribution in [0.5, 0.6) is 0 Å². The van der Waals surface area contributed by atoms with Crippen molar-refractivity contribution in [3.05, 3.63) is 29.4 Å². The number of thiophene rings is 1. The van der Waals surface area contributed by atoms with Gasteiger partial charge in [0.05, 0.1) is 6.20 Å². The van der Waals surface area contributed by atoms with Crippen LogP contribution in [0.15, 0.2) is 24.5 Å². The van der Waals surface area contributed by atoms with Gasteiger partial charge in [-0.2, -0.15) is 5.10 Å². The molecule has 3 nitrogen and oxygen atoms in total. The molecule has 2 aromatic heterocycles. The Kier molecular flexibility index (Phi) is 3.41. The fraction of sp³-hybridized carbons (Fsp3) is 0.417. The average Bonchev–Trinajstić information content (AvgIpc) is 2.85. The number of nitrogens with zero attached hydrogens (tertiary/aromatic N) is 2. The molecule has 2 aromatic rings. The molecule has 1 unspecified atom stereocenters. The molecular formula is C12H17N3S. The lowest BCUT2D eigenvalue weighted by Gasteiger charge is -2.05. The molecular weight excluding hydrogens is 218 g/mol. The maximum Gasteiger partial charge on any atom is 0.0576 e. The second-order valence-electron chi connectivity index (χ2n) is 4.08. The fourth-order valence-corrected chi connectivity index (χ4v) is 2.78. The molecule has 0 spiro atoms. The van der Waals surface area contributed by atoms with E-state index < -0.39 is 0 Å². The maximum atomic E-state index is 5.58. The molecule has 86 valence electrons. The molecule has 0 bridgehead atoms. The monoisotopic (exact) mass is 235 g/mol. The van der Waals surface area contributed by atoms with Crippen LogP contribution in [0.4, 0.5) is 0 Å². The van der Waals surface area contributed by atoms with Crippen molar-refractivity contribution in [1.82, 2.24) is 9.78 Å². The largest absolute Gasteiger partial charge is 0.330 e. The van der Waals surface area contributed by atoms with Crippen LogP contribution in [-0.4, -0.2) is 16.3 Å². The number of hydrogen-bond donors (Lipinski definition) is 1. The first-order valence-electron chi connectivity index (χ1n) is 5.49. The number of hydrogen-bond acceptors (Lipinski definition) is 3. The van der Waals surface area contributed by atoms with Crippen molar-refractivity contribution < 1.29 is 0 Å². The predicted octanol–water partition coefficient (Wildman–Crippen LogP) is 2.60. The van der Waals surface area contributed by atoms with Crippen LogP contribution < -0.4 is 5.73 Å². The van der Waals surface area contributed by atoms with E-state index in [1.54, 1.807) is 0 Å². The SMILES string of the molecule is CC(CCN)c1ccc(-c2cnn(C)c2)s1. The molecule has 0 aliphatic rings. The zero-order chi connectivity index (χ0) is 11.5. The number of rotatable bonds is 4. The molecule has 0 radical (unpaired) electrons. The summed E-state index contributed by atoms with van der Waals surface area (Å²) in [6, 6.07) is 4.37. The minimum Gasteiger partial charge on any atom is -0.330 e. The van der Waals surface area contributed by atoms with E-state index in [0.717, 1.165) is 13.0 Å². The first-order chi connectivity index (χ1) is 7.70. The predicted molar refractivity (Wildman–Crippen MR) is 68.6 cm³/mol. The second kappa shape index (κ2) is 4.80. The highest BCUT2D eigenvalue weighted by Gasteiger charge is 2.09. The standard InChI is InChI=1S/C12H17N3S/c1-9(5-6-13)11-3-4-12(16-11)10-7-14-15(2)8-10/h3-4,7-9H,5-6,13H2,1-2H3. The maximum absolute atomic E-state index is 5.58. The normalized spacial score (nSPS) is 12.9. The Hall–Kier alpha value is -1.13. The highest BCUT2D eigenvalue weighted by molar-refractivity contribution is 7.15. The lowest BCUT2D eigenvalue weighted by atomic mass is 10.1. The molecule has 0 aliphatic heterocycles. The lowest BCUT2D eigenvalue weighted by Crippen LogP contribution is -2.03.